The number of benzene rings is 2. The van der Waals surface area contributed by atoms with Gasteiger partial charge < -0.3 is 4.90 Å². The lowest BCUT2D eigenvalue weighted by Crippen LogP contribution is -2.49. The standard InChI is InChI=1S/C29H27BrN4O2/c1-32(2)26(35)20-33-25-18-24(30)19-31-27(25)34(28(33)36)29(21-12-6-3-7-13-21,22-14-8-4-9-15-22)23-16-10-5-11-17-23/h3-16,18-19,23H,17,20H2,1-2H3. The van der Waals surface area contributed by atoms with Crippen molar-refractivity contribution >= 4 is 33.0 Å². The largest absolute Gasteiger partial charge is 0.347 e. The highest BCUT2D eigenvalue weighted by atomic mass is 79.9. The molecular formula is C29H27BrN4O2. The van der Waals surface area contributed by atoms with Gasteiger partial charge in [-0.05, 0) is 39.5 Å². The lowest BCUT2D eigenvalue weighted by molar-refractivity contribution is -0.129. The van der Waals surface area contributed by atoms with Gasteiger partial charge in [0.05, 0.1) is 5.52 Å². The summed E-state index contributed by atoms with van der Waals surface area (Å²) in [5.74, 6) is -0.235. The average molecular weight is 543 g/mol. The third-order valence-corrected chi connectivity index (χ3v) is 7.26. The fourth-order valence-electron chi connectivity index (χ4n) is 5.15. The Bertz CT molecular complexity index is 1480. The summed E-state index contributed by atoms with van der Waals surface area (Å²) in [4.78, 5) is 33.5. The quantitative estimate of drug-likeness (QED) is 0.345. The molecule has 1 amide bonds. The number of amides is 1. The van der Waals surface area contributed by atoms with Crippen LogP contribution in [-0.4, -0.2) is 39.0 Å². The van der Waals surface area contributed by atoms with Crippen molar-refractivity contribution < 1.29 is 4.79 Å². The summed E-state index contributed by atoms with van der Waals surface area (Å²) in [7, 11) is 3.39. The molecule has 2 heterocycles. The van der Waals surface area contributed by atoms with E-state index in [0.29, 0.717) is 11.2 Å². The van der Waals surface area contributed by atoms with Crippen molar-refractivity contribution in [2.75, 3.05) is 14.1 Å². The molecule has 2 aromatic carbocycles. The van der Waals surface area contributed by atoms with E-state index in [1.807, 2.05) is 54.6 Å². The molecule has 0 saturated heterocycles. The van der Waals surface area contributed by atoms with Crippen LogP contribution in [0.1, 0.15) is 17.5 Å². The number of pyridine rings is 1. The number of rotatable bonds is 6. The molecule has 0 saturated carbocycles. The zero-order valence-corrected chi connectivity index (χ0v) is 21.8. The summed E-state index contributed by atoms with van der Waals surface area (Å²) < 4.78 is 4.08. The first-order chi connectivity index (χ1) is 17.4. The molecule has 6 nitrogen and oxygen atoms in total. The molecular weight excluding hydrogens is 516 g/mol. The Morgan fingerprint density at radius 2 is 1.69 bits per heavy atom. The van der Waals surface area contributed by atoms with Gasteiger partial charge in [-0.15, -0.1) is 0 Å². The highest BCUT2D eigenvalue weighted by Gasteiger charge is 2.45. The van der Waals surface area contributed by atoms with Crippen LogP contribution in [0.3, 0.4) is 0 Å². The van der Waals surface area contributed by atoms with Crippen molar-refractivity contribution in [3.63, 3.8) is 0 Å². The molecule has 2 aromatic heterocycles. The van der Waals surface area contributed by atoms with E-state index in [1.165, 1.54) is 4.90 Å². The van der Waals surface area contributed by atoms with Gasteiger partial charge in [-0.3, -0.25) is 13.9 Å². The Hall–Kier alpha value is -3.71. The Balaban J connectivity index is 1.94. The van der Waals surface area contributed by atoms with Gasteiger partial charge in [-0.1, -0.05) is 85.0 Å². The van der Waals surface area contributed by atoms with E-state index in [1.54, 1.807) is 29.4 Å². The van der Waals surface area contributed by atoms with E-state index in [-0.39, 0.29) is 24.1 Å². The van der Waals surface area contributed by atoms with Crippen LogP contribution in [0.25, 0.3) is 11.2 Å². The number of carbonyl (C=O) groups is 1. The Labute approximate surface area is 218 Å². The normalized spacial score (nSPS) is 15.4. The third kappa shape index (κ3) is 3.93. The number of fused-ring (bicyclic) bond motifs is 1. The number of carbonyl (C=O) groups excluding carboxylic acids is 1. The van der Waals surface area contributed by atoms with Crippen LogP contribution in [-0.2, 0) is 16.9 Å². The Morgan fingerprint density at radius 3 is 2.25 bits per heavy atom. The number of aromatic nitrogens is 3. The third-order valence-electron chi connectivity index (χ3n) is 6.83. The second kappa shape index (κ2) is 9.74. The smallest absolute Gasteiger partial charge is 0.331 e. The minimum atomic E-state index is -0.896. The highest BCUT2D eigenvalue weighted by molar-refractivity contribution is 9.10. The van der Waals surface area contributed by atoms with Crippen LogP contribution < -0.4 is 5.69 Å². The van der Waals surface area contributed by atoms with Crippen molar-refractivity contribution in [2.24, 2.45) is 5.92 Å². The van der Waals surface area contributed by atoms with Gasteiger partial charge in [0.1, 0.15) is 12.1 Å². The van der Waals surface area contributed by atoms with Crippen molar-refractivity contribution in [1.82, 2.24) is 19.0 Å². The lowest BCUT2D eigenvalue weighted by Gasteiger charge is -2.42. The Kier molecular flexibility index (Phi) is 6.49. The highest BCUT2D eigenvalue weighted by Crippen LogP contribution is 2.45. The average Bonchev–Trinajstić information content (AvgIpc) is 3.17. The summed E-state index contributed by atoms with van der Waals surface area (Å²) in [5, 5.41) is 0. The zero-order chi connectivity index (χ0) is 25.3. The van der Waals surface area contributed by atoms with E-state index < -0.39 is 5.54 Å². The topological polar surface area (TPSA) is 60.1 Å². The van der Waals surface area contributed by atoms with E-state index in [9.17, 15) is 9.59 Å². The molecule has 5 rings (SSSR count). The fraction of sp³-hybridized carbons (Fsp3) is 0.207. The van der Waals surface area contributed by atoms with Gasteiger partial charge in [0.25, 0.3) is 0 Å². The number of allylic oxidation sites excluding steroid dienone is 4. The number of imidazole rings is 1. The van der Waals surface area contributed by atoms with Gasteiger partial charge in [-0.25, -0.2) is 9.78 Å². The van der Waals surface area contributed by atoms with Crippen molar-refractivity contribution in [3.05, 3.63) is 123 Å². The minimum Gasteiger partial charge on any atom is -0.347 e. The first-order valence-electron chi connectivity index (χ1n) is 11.9. The summed E-state index contributed by atoms with van der Waals surface area (Å²) in [6, 6.07) is 22.1. The molecule has 1 unspecified atom stereocenters. The fourth-order valence-corrected chi connectivity index (χ4v) is 5.47. The monoisotopic (exact) mass is 542 g/mol. The van der Waals surface area contributed by atoms with Crippen LogP contribution in [0.5, 0.6) is 0 Å². The molecule has 0 radical (unpaired) electrons. The van der Waals surface area contributed by atoms with Crippen molar-refractivity contribution in [2.45, 2.75) is 18.5 Å². The van der Waals surface area contributed by atoms with E-state index in [2.05, 4.69) is 52.3 Å². The maximum atomic E-state index is 14.5. The van der Waals surface area contributed by atoms with E-state index >= 15 is 0 Å². The predicted octanol–water partition coefficient (Wildman–Crippen LogP) is 4.97. The van der Waals surface area contributed by atoms with Gasteiger partial charge >= 0.3 is 5.69 Å². The summed E-state index contributed by atoms with van der Waals surface area (Å²) in [5.41, 5.74) is 1.92. The van der Waals surface area contributed by atoms with Crippen molar-refractivity contribution in [1.29, 1.82) is 0 Å². The molecule has 4 aromatic rings. The molecule has 0 spiro atoms. The summed E-state index contributed by atoms with van der Waals surface area (Å²) >= 11 is 3.51. The first kappa shape index (κ1) is 24.0. The second-order valence-corrected chi connectivity index (χ2v) is 10.1. The SMILES string of the molecule is CN(C)C(=O)Cn1c(=O)n(C(c2ccccc2)(c2ccccc2)C2C=CC=CC2)c2ncc(Br)cc21. The molecule has 0 N–H and O–H groups in total. The van der Waals surface area contributed by atoms with Crippen LogP contribution >= 0.6 is 15.9 Å². The van der Waals surface area contributed by atoms with E-state index in [4.69, 9.17) is 4.98 Å². The summed E-state index contributed by atoms with van der Waals surface area (Å²) in [6.07, 6.45) is 10.8. The molecule has 0 fully saturated rings. The van der Waals surface area contributed by atoms with Crippen LogP contribution in [0.2, 0.25) is 0 Å². The number of nitrogens with zero attached hydrogens (tertiary/aromatic N) is 4. The van der Waals surface area contributed by atoms with Gasteiger partial charge in [-0.2, -0.15) is 0 Å². The number of halogens is 1. The lowest BCUT2D eigenvalue weighted by atomic mass is 9.70. The maximum Gasteiger partial charge on any atom is 0.331 e. The zero-order valence-electron chi connectivity index (χ0n) is 20.2. The van der Waals surface area contributed by atoms with Gasteiger partial charge in [0, 0.05) is 30.7 Å². The molecule has 0 aliphatic heterocycles. The molecule has 182 valence electrons. The number of hydrogen-bond acceptors (Lipinski definition) is 3. The van der Waals surface area contributed by atoms with Gasteiger partial charge in [0.15, 0.2) is 5.65 Å². The predicted molar refractivity (Wildman–Crippen MR) is 146 cm³/mol. The molecule has 1 atom stereocenters. The van der Waals surface area contributed by atoms with Crippen LogP contribution in [0.4, 0.5) is 0 Å². The molecule has 1 aliphatic carbocycles. The minimum absolute atomic E-state index is 0.0703. The molecule has 0 bridgehead atoms. The van der Waals surface area contributed by atoms with E-state index in [0.717, 1.165) is 22.0 Å². The molecule has 36 heavy (non-hydrogen) atoms. The molecule has 7 heteroatoms. The molecule has 1 aliphatic rings. The Morgan fingerprint density at radius 1 is 1.06 bits per heavy atom. The number of hydrogen-bond donors (Lipinski definition) is 0. The van der Waals surface area contributed by atoms with Gasteiger partial charge in [0.2, 0.25) is 5.91 Å². The van der Waals surface area contributed by atoms with Crippen LogP contribution in [0.15, 0.2) is 106 Å². The maximum absolute atomic E-state index is 14.5. The second-order valence-electron chi connectivity index (χ2n) is 9.14. The number of likely N-dealkylation sites (N-methyl/N-ethyl adjacent to an activating group) is 1. The first-order valence-corrected chi connectivity index (χ1v) is 12.7. The van der Waals surface area contributed by atoms with Crippen molar-refractivity contribution in [3.8, 4) is 0 Å². The summed E-state index contributed by atoms with van der Waals surface area (Å²) in [6.45, 7) is -0.0759. The van der Waals surface area contributed by atoms with Crippen LogP contribution in [0, 0.1) is 5.92 Å².